The second-order valence-electron chi connectivity index (χ2n) is 5.38. The molecule has 2 rings (SSSR count). The molecule has 134 valence electrons. The number of thiol groups is 1. The zero-order valence-corrected chi connectivity index (χ0v) is 15.3. The van der Waals surface area contributed by atoms with E-state index >= 15 is 0 Å². The summed E-state index contributed by atoms with van der Waals surface area (Å²) in [7, 11) is 0. The number of rotatable bonds is 9. The third-order valence-corrected chi connectivity index (χ3v) is 4.49. The number of anilines is 1. The third kappa shape index (κ3) is 6.47. The van der Waals surface area contributed by atoms with Crippen LogP contribution in [-0.2, 0) is 9.59 Å². The van der Waals surface area contributed by atoms with Crippen molar-refractivity contribution < 1.29 is 14.0 Å². The number of hydrogen-bond acceptors (Lipinski definition) is 5. The summed E-state index contributed by atoms with van der Waals surface area (Å²) in [4.78, 5) is 27.2. The first-order valence-electron chi connectivity index (χ1n) is 7.98. The lowest BCUT2D eigenvalue weighted by atomic mass is 10.2. The lowest BCUT2D eigenvalue weighted by Gasteiger charge is -2.04. The summed E-state index contributed by atoms with van der Waals surface area (Å²) < 4.78 is 13.7. The van der Waals surface area contributed by atoms with Gasteiger partial charge in [0.15, 0.2) is 5.13 Å². The van der Waals surface area contributed by atoms with E-state index < -0.39 is 0 Å². The maximum atomic E-state index is 13.7. The summed E-state index contributed by atoms with van der Waals surface area (Å²) in [5, 5.41) is 7.65. The number of carbonyl (C=O) groups is 2. The molecule has 1 aromatic carbocycles. The smallest absolute Gasteiger partial charge is 0.229 e. The van der Waals surface area contributed by atoms with Crippen molar-refractivity contribution in [2.45, 2.75) is 25.7 Å². The molecule has 5 nitrogen and oxygen atoms in total. The molecule has 2 amide bonds. The number of carbonyl (C=O) groups excluding carboxylic acids is 2. The number of aromatic nitrogens is 1. The molecule has 2 aromatic rings. The van der Waals surface area contributed by atoms with Gasteiger partial charge in [-0.1, -0.05) is 18.6 Å². The Morgan fingerprint density at radius 2 is 1.96 bits per heavy atom. The molecule has 0 aliphatic carbocycles. The molecule has 0 radical (unpaired) electrons. The minimum atomic E-state index is -0.337. The molecule has 0 aliphatic heterocycles. The molecule has 0 bridgehead atoms. The quantitative estimate of drug-likeness (QED) is 0.460. The second kappa shape index (κ2) is 10.1. The van der Waals surface area contributed by atoms with Gasteiger partial charge in [-0.2, -0.15) is 12.6 Å². The summed E-state index contributed by atoms with van der Waals surface area (Å²) in [6.07, 6.45) is 2.78. The van der Waals surface area contributed by atoms with E-state index in [9.17, 15) is 14.0 Å². The van der Waals surface area contributed by atoms with Gasteiger partial charge in [0.1, 0.15) is 5.82 Å². The van der Waals surface area contributed by atoms with Crippen LogP contribution >= 0.6 is 24.0 Å². The Morgan fingerprint density at radius 3 is 2.72 bits per heavy atom. The Kier molecular flexibility index (Phi) is 7.87. The first-order valence-corrected chi connectivity index (χ1v) is 9.49. The van der Waals surface area contributed by atoms with Crippen molar-refractivity contribution >= 4 is 40.9 Å². The fourth-order valence-electron chi connectivity index (χ4n) is 2.18. The van der Waals surface area contributed by atoms with Gasteiger partial charge in [0, 0.05) is 23.9 Å². The van der Waals surface area contributed by atoms with Crippen molar-refractivity contribution in [3.63, 3.8) is 0 Å². The van der Waals surface area contributed by atoms with Crippen LogP contribution in [0, 0.1) is 5.82 Å². The van der Waals surface area contributed by atoms with Gasteiger partial charge in [0.05, 0.1) is 11.4 Å². The summed E-state index contributed by atoms with van der Waals surface area (Å²) in [6, 6.07) is 6.40. The van der Waals surface area contributed by atoms with Crippen LogP contribution in [0.3, 0.4) is 0 Å². The van der Waals surface area contributed by atoms with Gasteiger partial charge >= 0.3 is 0 Å². The molecule has 0 atom stereocenters. The van der Waals surface area contributed by atoms with Crippen molar-refractivity contribution in [2.75, 3.05) is 17.6 Å². The van der Waals surface area contributed by atoms with Crippen molar-refractivity contribution in [3.05, 3.63) is 35.5 Å². The molecule has 0 spiro atoms. The zero-order chi connectivity index (χ0) is 18.1. The molecule has 25 heavy (non-hydrogen) atoms. The fraction of sp³-hybridized carbons (Fsp3) is 0.353. The van der Waals surface area contributed by atoms with E-state index in [4.69, 9.17) is 0 Å². The van der Waals surface area contributed by atoms with Crippen LogP contribution in [0.2, 0.25) is 0 Å². The molecule has 0 saturated heterocycles. The topological polar surface area (TPSA) is 71.1 Å². The number of nitrogens with zero attached hydrogens (tertiary/aromatic N) is 1. The van der Waals surface area contributed by atoms with E-state index in [0.29, 0.717) is 29.4 Å². The van der Waals surface area contributed by atoms with Crippen molar-refractivity contribution in [2.24, 2.45) is 0 Å². The molecule has 0 unspecified atom stereocenters. The largest absolute Gasteiger partial charge is 0.355 e. The molecule has 1 heterocycles. The number of unbranched alkanes of at least 4 members (excludes halogenated alkanes) is 2. The fourth-order valence-corrected chi connectivity index (χ4v) is 3.02. The van der Waals surface area contributed by atoms with E-state index in [2.05, 4.69) is 28.2 Å². The van der Waals surface area contributed by atoms with Crippen LogP contribution in [0.4, 0.5) is 9.52 Å². The molecule has 8 heteroatoms. The van der Waals surface area contributed by atoms with Gasteiger partial charge in [-0.05, 0) is 25.0 Å². The second-order valence-corrected chi connectivity index (χ2v) is 6.56. The first-order chi connectivity index (χ1) is 12.1. The molecular weight excluding hydrogens is 361 g/mol. The van der Waals surface area contributed by atoms with Gasteiger partial charge in [0.25, 0.3) is 0 Å². The lowest BCUT2D eigenvalue weighted by molar-refractivity contribution is -0.118. The van der Waals surface area contributed by atoms with Gasteiger partial charge in [0.2, 0.25) is 11.8 Å². The van der Waals surface area contributed by atoms with Gasteiger partial charge in [-0.3, -0.25) is 9.59 Å². The predicted molar refractivity (Wildman–Crippen MR) is 101 cm³/mol. The number of halogens is 1. The van der Waals surface area contributed by atoms with Crippen molar-refractivity contribution in [1.82, 2.24) is 10.3 Å². The maximum Gasteiger partial charge on any atom is 0.229 e. The minimum absolute atomic E-state index is 0.0875. The molecule has 0 fully saturated rings. The van der Waals surface area contributed by atoms with Gasteiger partial charge < -0.3 is 10.6 Å². The van der Waals surface area contributed by atoms with E-state index in [0.717, 1.165) is 19.3 Å². The maximum absolute atomic E-state index is 13.7. The SMILES string of the molecule is O=C(CS)NCCCCCC(=O)Nc1nc(-c2ccccc2F)cs1. The highest BCUT2D eigenvalue weighted by molar-refractivity contribution is 7.81. The van der Waals surface area contributed by atoms with Crippen LogP contribution in [0.15, 0.2) is 29.6 Å². The number of thiazole rings is 1. The number of benzene rings is 1. The minimum Gasteiger partial charge on any atom is -0.355 e. The average Bonchev–Trinajstić information content (AvgIpc) is 3.06. The first kappa shape index (κ1) is 19.4. The molecule has 2 N–H and O–H groups in total. The molecular formula is C17H20FN3O2S2. The standard InChI is InChI=1S/C17H20FN3O2S2/c18-13-7-4-3-6-12(13)14-11-25-17(20-14)21-15(22)8-2-1-5-9-19-16(23)10-24/h3-4,6-7,11,24H,1-2,5,8-10H2,(H,19,23)(H,20,21,22). The van der Waals surface area contributed by atoms with E-state index in [-0.39, 0.29) is 23.4 Å². The third-order valence-electron chi connectivity index (χ3n) is 3.45. The van der Waals surface area contributed by atoms with Crippen LogP contribution < -0.4 is 10.6 Å². The van der Waals surface area contributed by atoms with Crippen molar-refractivity contribution in [3.8, 4) is 11.3 Å². The normalized spacial score (nSPS) is 10.5. The van der Waals surface area contributed by atoms with E-state index in [1.54, 1.807) is 23.6 Å². The number of nitrogens with one attached hydrogen (secondary N) is 2. The number of amides is 2. The Hall–Kier alpha value is -1.93. The van der Waals surface area contributed by atoms with E-state index in [1.165, 1.54) is 17.4 Å². The molecule has 0 aliphatic rings. The monoisotopic (exact) mass is 381 g/mol. The predicted octanol–water partition coefficient (Wildman–Crippen LogP) is 3.49. The number of hydrogen-bond donors (Lipinski definition) is 3. The van der Waals surface area contributed by atoms with Crippen LogP contribution in [0.25, 0.3) is 11.3 Å². The Labute approximate surface area is 155 Å². The highest BCUT2D eigenvalue weighted by Crippen LogP contribution is 2.26. The van der Waals surface area contributed by atoms with Crippen LogP contribution in [0.1, 0.15) is 25.7 Å². The van der Waals surface area contributed by atoms with Crippen LogP contribution in [-0.4, -0.2) is 29.1 Å². The summed E-state index contributed by atoms with van der Waals surface area (Å²) in [6.45, 7) is 0.597. The summed E-state index contributed by atoms with van der Waals surface area (Å²) >= 11 is 5.14. The van der Waals surface area contributed by atoms with Crippen molar-refractivity contribution in [1.29, 1.82) is 0 Å². The average molecular weight is 381 g/mol. The highest BCUT2D eigenvalue weighted by Gasteiger charge is 2.10. The lowest BCUT2D eigenvalue weighted by Crippen LogP contribution is -2.25. The summed E-state index contributed by atoms with van der Waals surface area (Å²) in [5.74, 6) is -0.356. The Balaban J connectivity index is 1.71. The highest BCUT2D eigenvalue weighted by atomic mass is 32.1. The van der Waals surface area contributed by atoms with Gasteiger partial charge in [-0.15, -0.1) is 11.3 Å². The van der Waals surface area contributed by atoms with Crippen LogP contribution in [0.5, 0.6) is 0 Å². The molecule has 0 saturated carbocycles. The zero-order valence-electron chi connectivity index (χ0n) is 13.6. The van der Waals surface area contributed by atoms with Gasteiger partial charge in [-0.25, -0.2) is 9.37 Å². The van der Waals surface area contributed by atoms with E-state index in [1.807, 2.05) is 0 Å². The molecule has 1 aromatic heterocycles. The Morgan fingerprint density at radius 1 is 1.16 bits per heavy atom. The summed E-state index contributed by atoms with van der Waals surface area (Å²) in [5.41, 5.74) is 0.931. The Bertz CT molecular complexity index is 721.